The highest BCUT2D eigenvalue weighted by Gasteiger charge is 2.16. The molecule has 1 atom stereocenters. The molecule has 1 aromatic rings. The van der Waals surface area contributed by atoms with E-state index in [1.165, 1.54) is 9.88 Å². The van der Waals surface area contributed by atoms with Crippen LogP contribution in [0.4, 0.5) is 0 Å². The highest BCUT2D eigenvalue weighted by molar-refractivity contribution is 7.11. The van der Waals surface area contributed by atoms with E-state index in [2.05, 4.69) is 32.7 Å². The lowest BCUT2D eigenvalue weighted by molar-refractivity contribution is 0.502. The molecular weight excluding hydrogens is 192 g/mol. The lowest BCUT2D eigenvalue weighted by atomic mass is 9.98. The van der Waals surface area contributed by atoms with Gasteiger partial charge >= 0.3 is 0 Å². The van der Waals surface area contributed by atoms with Crippen molar-refractivity contribution in [3.8, 4) is 0 Å². The van der Waals surface area contributed by atoms with Crippen LogP contribution in [0, 0.1) is 19.8 Å². The summed E-state index contributed by atoms with van der Waals surface area (Å²) in [5, 5.41) is 1.22. The first kappa shape index (κ1) is 11.7. The van der Waals surface area contributed by atoms with Gasteiger partial charge in [0.25, 0.3) is 0 Å². The van der Waals surface area contributed by atoms with Gasteiger partial charge < -0.3 is 5.73 Å². The molecule has 0 radical (unpaired) electrons. The minimum absolute atomic E-state index is 0.451. The molecule has 0 bridgehead atoms. The first-order chi connectivity index (χ1) is 6.54. The van der Waals surface area contributed by atoms with Gasteiger partial charge in [-0.15, -0.1) is 11.3 Å². The maximum atomic E-state index is 5.78. The molecule has 3 heteroatoms. The van der Waals surface area contributed by atoms with E-state index in [1.807, 2.05) is 0 Å². The fourth-order valence-electron chi connectivity index (χ4n) is 1.54. The molecule has 1 unspecified atom stereocenters. The number of aromatic nitrogens is 1. The fourth-order valence-corrected chi connectivity index (χ4v) is 2.59. The lowest BCUT2D eigenvalue weighted by Crippen LogP contribution is -2.14. The SMILES string of the molecule is Cc1nc(C(CN)CC(C)C)sc1C. The Morgan fingerprint density at radius 1 is 1.36 bits per heavy atom. The van der Waals surface area contributed by atoms with Crippen LogP contribution in [0.1, 0.15) is 41.8 Å². The normalized spacial score (nSPS) is 13.6. The Morgan fingerprint density at radius 2 is 2.00 bits per heavy atom. The van der Waals surface area contributed by atoms with Gasteiger partial charge in [-0.25, -0.2) is 4.98 Å². The van der Waals surface area contributed by atoms with Gasteiger partial charge in [-0.05, 0) is 26.2 Å². The molecule has 0 saturated carbocycles. The van der Waals surface area contributed by atoms with Gasteiger partial charge in [0.2, 0.25) is 0 Å². The van der Waals surface area contributed by atoms with E-state index < -0.39 is 0 Å². The van der Waals surface area contributed by atoms with Crippen LogP contribution in [0.5, 0.6) is 0 Å². The van der Waals surface area contributed by atoms with Gasteiger partial charge in [0.05, 0.1) is 10.7 Å². The van der Waals surface area contributed by atoms with E-state index in [4.69, 9.17) is 5.73 Å². The summed E-state index contributed by atoms with van der Waals surface area (Å²) in [5.41, 5.74) is 6.94. The van der Waals surface area contributed by atoms with E-state index in [0.717, 1.165) is 12.1 Å². The predicted octanol–water partition coefficient (Wildman–Crippen LogP) is 2.85. The van der Waals surface area contributed by atoms with Crippen LogP contribution in [0.3, 0.4) is 0 Å². The zero-order valence-electron chi connectivity index (χ0n) is 9.50. The number of hydrogen-bond donors (Lipinski definition) is 1. The van der Waals surface area contributed by atoms with Crippen LogP contribution in [0.2, 0.25) is 0 Å². The second kappa shape index (κ2) is 4.89. The third-order valence-corrected chi connectivity index (χ3v) is 3.67. The summed E-state index contributed by atoms with van der Waals surface area (Å²) in [5.74, 6) is 1.14. The smallest absolute Gasteiger partial charge is 0.0974 e. The first-order valence-electron chi connectivity index (χ1n) is 5.18. The second-order valence-electron chi connectivity index (χ2n) is 4.26. The van der Waals surface area contributed by atoms with Gasteiger partial charge in [-0.1, -0.05) is 13.8 Å². The van der Waals surface area contributed by atoms with E-state index in [9.17, 15) is 0 Å². The second-order valence-corrected chi connectivity index (χ2v) is 5.49. The predicted molar refractivity (Wildman–Crippen MR) is 62.8 cm³/mol. The van der Waals surface area contributed by atoms with Crippen LogP contribution in [-0.4, -0.2) is 11.5 Å². The Morgan fingerprint density at radius 3 is 2.36 bits per heavy atom. The van der Waals surface area contributed by atoms with E-state index in [0.29, 0.717) is 18.4 Å². The van der Waals surface area contributed by atoms with Crippen molar-refractivity contribution >= 4 is 11.3 Å². The number of nitrogens with zero attached hydrogens (tertiary/aromatic N) is 1. The van der Waals surface area contributed by atoms with Crippen LogP contribution in [0.25, 0.3) is 0 Å². The van der Waals surface area contributed by atoms with Crippen LogP contribution in [0.15, 0.2) is 0 Å². The molecular formula is C11H20N2S. The Balaban J connectivity index is 2.78. The van der Waals surface area contributed by atoms with Gasteiger partial charge in [0, 0.05) is 17.3 Å². The van der Waals surface area contributed by atoms with Crippen molar-refractivity contribution in [2.45, 2.75) is 40.0 Å². The Hall–Kier alpha value is -0.410. The zero-order valence-corrected chi connectivity index (χ0v) is 10.3. The quantitative estimate of drug-likeness (QED) is 0.833. The Kier molecular flexibility index (Phi) is 4.08. The van der Waals surface area contributed by atoms with Crippen molar-refractivity contribution in [3.63, 3.8) is 0 Å². The van der Waals surface area contributed by atoms with E-state index in [-0.39, 0.29) is 0 Å². The fraction of sp³-hybridized carbons (Fsp3) is 0.727. The number of hydrogen-bond acceptors (Lipinski definition) is 3. The standard InChI is InChI=1S/C11H20N2S/c1-7(2)5-10(6-12)11-13-8(3)9(4)14-11/h7,10H,5-6,12H2,1-4H3. The summed E-state index contributed by atoms with van der Waals surface area (Å²) < 4.78 is 0. The molecule has 2 nitrogen and oxygen atoms in total. The molecule has 2 N–H and O–H groups in total. The monoisotopic (exact) mass is 212 g/mol. The summed E-state index contributed by atoms with van der Waals surface area (Å²) in [6, 6.07) is 0. The molecule has 1 rings (SSSR count). The number of nitrogens with two attached hydrogens (primary N) is 1. The molecule has 1 aromatic heterocycles. The summed E-state index contributed by atoms with van der Waals surface area (Å²) in [6.07, 6.45) is 1.14. The average molecular weight is 212 g/mol. The van der Waals surface area contributed by atoms with Gasteiger partial charge in [0.1, 0.15) is 0 Å². The van der Waals surface area contributed by atoms with Crippen LogP contribution < -0.4 is 5.73 Å². The van der Waals surface area contributed by atoms with Gasteiger partial charge in [-0.2, -0.15) is 0 Å². The average Bonchev–Trinajstić information content (AvgIpc) is 2.42. The molecule has 0 aromatic carbocycles. The lowest BCUT2D eigenvalue weighted by Gasteiger charge is -2.13. The zero-order chi connectivity index (χ0) is 10.7. The molecule has 0 spiro atoms. The van der Waals surface area contributed by atoms with Crippen molar-refractivity contribution in [1.82, 2.24) is 4.98 Å². The topological polar surface area (TPSA) is 38.9 Å². The number of aryl methyl sites for hydroxylation is 2. The molecule has 0 amide bonds. The van der Waals surface area contributed by atoms with Crippen molar-refractivity contribution in [2.75, 3.05) is 6.54 Å². The maximum absolute atomic E-state index is 5.78. The summed E-state index contributed by atoms with van der Waals surface area (Å²) >= 11 is 1.80. The third-order valence-electron chi connectivity index (χ3n) is 2.43. The Bertz CT molecular complexity index is 272. The number of thiazole rings is 1. The van der Waals surface area contributed by atoms with Crippen molar-refractivity contribution < 1.29 is 0 Å². The summed E-state index contributed by atoms with van der Waals surface area (Å²) in [4.78, 5) is 5.89. The minimum Gasteiger partial charge on any atom is -0.330 e. The summed E-state index contributed by atoms with van der Waals surface area (Å²) in [6.45, 7) is 9.37. The third kappa shape index (κ3) is 2.79. The highest BCUT2D eigenvalue weighted by Crippen LogP contribution is 2.28. The molecule has 0 aliphatic carbocycles. The molecule has 80 valence electrons. The largest absolute Gasteiger partial charge is 0.330 e. The highest BCUT2D eigenvalue weighted by atomic mass is 32.1. The molecule has 14 heavy (non-hydrogen) atoms. The number of rotatable bonds is 4. The summed E-state index contributed by atoms with van der Waals surface area (Å²) in [7, 11) is 0. The molecule has 0 aliphatic rings. The maximum Gasteiger partial charge on any atom is 0.0974 e. The van der Waals surface area contributed by atoms with Crippen LogP contribution >= 0.6 is 11.3 Å². The Labute approximate surface area is 90.6 Å². The van der Waals surface area contributed by atoms with Crippen molar-refractivity contribution in [1.29, 1.82) is 0 Å². The van der Waals surface area contributed by atoms with E-state index >= 15 is 0 Å². The molecule has 1 heterocycles. The first-order valence-corrected chi connectivity index (χ1v) is 6.00. The van der Waals surface area contributed by atoms with Crippen LogP contribution in [-0.2, 0) is 0 Å². The van der Waals surface area contributed by atoms with Crippen molar-refractivity contribution in [2.24, 2.45) is 11.7 Å². The van der Waals surface area contributed by atoms with E-state index in [1.54, 1.807) is 11.3 Å². The molecule has 0 saturated heterocycles. The van der Waals surface area contributed by atoms with Gasteiger partial charge in [0.15, 0.2) is 0 Å². The van der Waals surface area contributed by atoms with Gasteiger partial charge in [-0.3, -0.25) is 0 Å². The molecule has 0 fully saturated rings. The van der Waals surface area contributed by atoms with Crippen molar-refractivity contribution in [3.05, 3.63) is 15.6 Å². The minimum atomic E-state index is 0.451. The molecule has 0 aliphatic heterocycles.